The summed E-state index contributed by atoms with van der Waals surface area (Å²) in [5.74, 6) is 0.244. The lowest BCUT2D eigenvalue weighted by molar-refractivity contribution is 0.112. The van der Waals surface area contributed by atoms with E-state index in [1.165, 1.54) is 0 Å². The van der Waals surface area contributed by atoms with Crippen molar-refractivity contribution in [1.82, 2.24) is 0 Å². The zero-order valence-corrected chi connectivity index (χ0v) is 10.6. The second-order valence-corrected chi connectivity index (χ2v) is 4.68. The summed E-state index contributed by atoms with van der Waals surface area (Å²) in [6.45, 7) is 0. The average Bonchev–Trinajstić information content (AvgIpc) is 2.34. The third-order valence-electron chi connectivity index (χ3n) is 2.60. The first-order valence-electron chi connectivity index (χ1n) is 5.21. The van der Waals surface area contributed by atoms with Crippen molar-refractivity contribution in [3.63, 3.8) is 0 Å². The molecule has 0 saturated carbocycles. The second-order valence-electron chi connectivity index (χ2n) is 3.77. The third kappa shape index (κ3) is 2.74. The molecular formula is C14H11BrO2. The Morgan fingerprint density at radius 3 is 2.65 bits per heavy atom. The van der Waals surface area contributed by atoms with Crippen LogP contribution >= 0.6 is 15.9 Å². The third-order valence-corrected chi connectivity index (χ3v) is 3.10. The van der Waals surface area contributed by atoms with Crippen LogP contribution in [0.25, 0.3) is 0 Å². The highest BCUT2D eigenvalue weighted by Gasteiger charge is 2.06. The number of halogens is 1. The van der Waals surface area contributed by atoms with Crippen molar-refractivity contribution in [2.45, 2.75) is 6.42 Å². The van der Waals surface area contributed by atoms with Crippen LogP contribution in [0, 0.1) is 0 Å². The summed E-state index contributed by atoms with van der Waals surface area (Å²) in [6, 6.07) is 12.7. The Bertz CT molecular complexity index is 550. The smallest absolute Gasteiger partial charge is 0.150 e. The zero-order chi connectivity index (χ0) is 12.3. The summed E-state index contributed by atoms with van der Waals surface area (Å²) >= 11 is 3.36. The van der Waals surface area contributed by atoms with Gasteiger partial charge in [0.15, 0.2) is 0 Å². The maximum atomic E-state index is 10.9. The van der Waals surface area contributed by atoms with Crippen molar-refractivity contribution in [2.75, 3.05) is 0 Å². The Balaban J connectivity index is 2.37. The molecule has 0 heterocycles. The van der Waals surface area contributed by atoms with E-state index < -0.39 is 0 Å². The molecule has 0 spiro atoms. The largest absolute Gasteiger partial charge is 0.508 e. The van der Waals surface area contributed by atoms with Gasteiger partial charge in [0.1, 0.15) is 12.0 Å². The highest BCUT2D eigenvalue weighted by Crippen LogP contribution is 2.25. The molecule has 3 heteroatoms. The predicted molar refractivity (Wildman–Crippen MR) is 70.4 cm³/mol. The van der Waals surface area contributed by atoms with Gasteiger partial charge in [-0.1, -0.05) is 40.2 Å². The molecule has 2 rings (SSSR count). The van der Waals surface area contributed by atoms with Crippen LogP contribution in [0.4, 0.5) is 0 Å². The summed E-state index contributed by atoms with van der Waals surface area (Å²) in [4.78, 5) is 10.9. The van der Waals surface area contributed by atoms with Crippen LogP contribution in [0.15, 0.2) is 46.9 Å². The molecule has 0 aromatic heterocycles. The number of carbonyl (C=O) groups is 1. The molecule has 0 fully saturated rings. The Hall–Kier alpha value is -1.61. The molecule has 86 valence electrons. The highest BCUT2D eigenvalue weighted by molar-refractivity contribution is 9.10. The van der Waals surface area contributed by atoms with E-state index in [9.17, 15) is 9.90 Å². The maximum absolute atomic E-state index is 10.9. The topological polar surface area (TPSA) is 37.3 Å². The number of phenolic OH excluding ortho intramolecular Hbond substituents is 1. The summed E-state index contributed by atoms with van der Waals surface area (Å²) in [5, 5.41) is 9.75. The van der Waals surface area contributed by atoms with Crippen LogP contribution < -0.4 is 0 Å². The van der Waals surface area contributed by atoms with E-state index in [4.69, 9.17) is 0 Å². The number of carbonyl (C=O) groups excluding carboxylic acids is 1. The Kier molecular flexibility index (Phi) is 3.59. The van der Waals surface area contributed by atoms with Gasteiger partial charge in [0.25, 0.3) is 0 Å². The van der Waals surface area contributed by atoms with Crippen LogP contribution in [0.1, 0.15) is 21.5 Å². The number of aromatic hydroxyl groups is 1. The summed E-state index contributed by atoms with van der Waals surface area (Å²) in [7, 11) is 0. The molecule has 0 aliphatic rings. The fourth-order valence-electron chi connectivity index (χ4n) is 1.71. The van der Waals surface area contributed by atoms with E-state index in [0.29, 0.717) is 12.0 Å². The first-order valence-corrected chi connectivity index (χ1v) is 6.00. The van der Waals surface area contributed by atoms with E-state index in [1.54, 1.807) is 18.2 Å². The standard InChI is InChI=1S/C14H11BrO2/c15-13-5-6-14(17)12(8-13)7-10-3-1-2-4-11(10)9-16/h1-6,8-9,17H,7H2. The van der Waals surface area contributed by atoms with E-state index in [0.717, 1.165) is 21.9 Å². The normalized spacial score (nSPS) is 10.2. The van der Waals surface area contributed by atoms with E-state index in [2.05, 4.69) is 15.9 Å². The molecule has 0 saturated heterocycles. The quantitative estimate of drug-likeness (QED) is 0.878. The van der Waals surface area contributed by atoms with Crippen LogP contribution in [0.3, 0.4) is 0 Å². The molecule has 0 atom stereocenters. The fourth-order valence-corrected chi connectivity index (χ4v) is 2.12. The molecule has 0 aliphatic heterocycles. The van der Waals surface area contributed by atoms with E-state index in [-0.39, 0.29) is 5.75 Å². The first kappa shape index (κ1) is 11.9. The van der Waals surface area contributed by atoms with Gasteiger partial charge in [-0.3, -0.25) is 4.79 Å². The Morgan fingerprint density at radius 2 is 1.88 bits per heavy atom. The number of benzene rings is 2. The minimum atomic E-state index is 0.244. The van der Waals surface area contributed by atoms with Crippen LogP contribution in [-0.4, -0.2) is 11.4 Å². The van der Waals surface area contributed by atoms with Crippen molar-refractivity contribution < 1.29 is 9.90 Å². The Morgan fingerprint density at radius 1 is 1.12 bits per heavy atom. The number of hydrogen-bond acceptors (Lipinski definition) is 2. The fraction of sp³-hybridized carbons (Fsp3) is 0.0714. The molecule has 0 radical (unpaired) electrons. The lowest BCUT2D eigenvalue weighted by atomic mass is 10.00. The highest BCUT2D eigenvalue weighted by atomic mass is 79.9. The van der Waals surface area contributed by atoms with Gasteiger partial charge in [-0.25, -0.2) is 0 Å². The molecule has 0 aliphatic carbocycles. The van der Waals surface area contributed by atoms with Crippen molar-refractivity contribution in [1.29, 1.82) is 0 Å². The molecule has 2 aromatic carbocycles. The molecule has 17 heavy (non-hydrogen) atoms. The number of aldehydes is 1. The van der Waals surface area contributed by atoms with Gasteiger partial charge in [0.2, 0.25) is 0 Å². The molecule has 0 unspecified atom stereocenters. The molecular weight excluding hydrogens is 280 g/mol. The van der Waals surface area contributed by atoms with Crippen LogP contribution in [-0.2, 0) is 6.42 Å². The predicted octanol–water partition coefficient (Wildman–Crippen LogP) is 3.56. The second kappa shape index (κ2) is 5.15. The lowest BCUT2D eigenvalue weighted by Gasteiger charge is -2.07. The van der Waals surface area contributed by atoms with Crippen LogP contribution in [0.5, 0.6) is 5.75 Å². The average molecular weight is 291 g/mol. The van der Waals surface area contributed by atoms with Gasteiger partial charge in [0, 0.05) is 16.5 Å². The van der Waals surface area contributed by atoms with E-state index >= 15 is 0 Å². The van der Waals surface area contributed by atoms with E-state index in [1.807, 2.05) is 24.3 Å². The molecule has 0 bridgehead atoms. The van der Waals surface area contributed by atoms with Gasteiger partial charge in [-0.15, -0.1) is 0 Å². The molecule has 0 amide bonds. The van der Waals surface area contributed by atoms with Gasteiger partial charge in [-0.05, 0) is 29.3 Å². The number of hydrogen-bond donors (Lipinski definition) is 1. The van der Waals surface area contributed by atoms with Gasteiger partial charge in [-0.2, -0.15) is 0 Å². The minimum Gasteiger partial charge on any atom is -0.508 e. The van der Waals surface area contributed by atoms with Crippen molar-refractivity contribution in [2.24, 2.45) is 0 Å². The molecule has 1 N–H and O–H groups in total. The lowest BCUT2D eigenvalue weighted by Crippen LogP contribution is -1.94. The summed E-state index contributed by atoms with van der Waals surface area (Å²) in [6.07, 6.45) is 1.38. The Labute approximate surface area is 108 Å². The zero-order valence-electron chi connectivity index (χ0n) is 9.06. The first-order chi connectivity index (χ1) is 8.20. The van der Waals surface area contributed by atoms with Crippen molar-refractivity contribution >= 4 is 22.2 Å². The minimum absolute atomic E-state index is 0.244. The monoisotopic (exact) mass is 290 g/mol. The van der Waals surface area contributed by atoms with Crippen molar-refractivity contribution in [3.8, 4) is 5.75 Å². The van der Waals surface area contributed by atoms with Crippen molar-refractivity contribution in [3.05, 3.63) is 63.6 Å². The van der Waals surface area contributed by atoms with Gasteiger partial charge < -0.3 is 5.11 Å². The molecule has 2 aromatic rings. The summed E-state index contributed by atoms with van der Waals surface area (Å²) in [5.41, 5.74) is 2.37. The number of rotatable bonds is 3. The number of phenols is 1. The van der Waals surface area contributed by atoms with Crippen LogP contribution in [0.2, 0.25) is 0 Å². The molecule has 2 nitrogen and oxygen atoms in total. The van der Waals surface area contributed by atoms with Gasteiger partial charge >= 0.3 is 0 Å². The SMILES string of the molecule is O=Cc1ccccc1Cc1cc(Br)ccc1O. The summed E-state index contributed by atoms with van der Waals surface area (Å²) < 4.78 is 0.911. The maximum Gasteiger partial charge on any atom is 0.150 e. The van der Waals surface area contributed by atoms with Gasteiger partial charge in [0.05, 0.1) is 0 Å².